The highest BCUT2D eigenvalue weighted by Crippen LogP contribution is 2.12. The largest absolute Gasteiger partial charge is 0.328 e. The van der Waals surface area contributed by atoms with Crippen molar-refractivity contribution in [3.05, 3.63) is 24.8 Å². The van der Waals surface area contributed by atoms with E-state index in [9.17, 15) is 0 Å². The third-order valence-corrected chi connectivity index (χ3v) is 3.65. The van der Waals surface area contributed by atoms with E-state index < -0.39 is 0 Å². The fourth-order valence-corrected chi connectivity index (χ4v) is 2.37. The average Bonchev–Trinajstić information content (AvgIpc) is 2.41. The fraction of sp³-hybridized carbons (Fsp3) is 0.778. The molecule has 0 aliphatic carbocycles. The first kappa shape index (κ1) is 18.4. The summed E-state index contributed by atoms with van der Waals surface area (Å²) in [6.07, 6.45) is 21.9. The van der Waals surface area contributed by atoms with Crippen LogP contribution in [-0.2, 0) is 0 Å². The molecule has 1 atom stereocenters. The predicted octanol–water partition coefficient (Wildman–Crippen LogP) is 5.76. The van der Waals surface area contributed by atoms with Crippen molar-refractivity contribution in [3.8, 4) is 0 Å². The summed E-state index contributed by atoms with van der Waals surface area (Å²) in [5.41, 5.74) is 6.11. The number of allylic oxidation sites excluding steroid dienone is 3. The molecule has 0 fully saturated rings. The topological polar surface area (TPSA) is 26.0 Å². The average molecular weight is 265 g/mol. The molecule has 0 radical (unpaired) electrons. The van der Waals surface area contributed by atoms with Crippen LogP contribution in [0.4, 0.5) is 0 Å². The lowest BCUT2D eigenvalue weighted by atomic mass is 10.0. The summed E-state index contributed by atoms with van der Waals surface area (Å²) < 4.78 is 0. The summed E-state index contributed by atoms with van der Waals surface area (Å²) in [6, 6.07) is 0.454. The van der Waals surface area contributed by atoms with Gasteiger partial charge in [0.2, 0.25) is 0 Å². The van der Waals surface area contributed by atoms with Crippen LogP contribution in [0.25, 0.3) is 0 Å². The highest BCUT2D eigenvalue weighted by molar-refractivity contribution is 4.96. The van der Waals surface area contributed by atoms with E-state index in [0.717, 1.165) is 0 Å². The summed E-state index contributed by atoms with van der Waals surface area (Å²) in [4.78, 5) is 0. The summed E-state index contributed by atoms with van der Waals surface area (Å²) in [5.74, 6) is 0. The quantitative estimate of drug-likeness (QED) is 0.314. The van der Waals surface area contributed by atoms with Gasteiger partial charge in [0, 0.05) is 6.04 Å². The Hall–Kier alpha value is -0.560. The molecule has 0 amide bonds. The minimum Gasteiger partial charge on any atom is -0.328 e. The molecule has 1 heteroatoms. The van der Waals surface area contributed by atoms with E-state index in [2.05, 4.69) is 19.6 Å². The third-order valence-electron chi connectivity index (χ3n) is 3.65. The lowest BCUT2D eigenvalue weighted by molar-refractivity contribution is 0.491. The van der Waals surface area contributed by atoms with Gasteiger partial charge in [0.25, 0.3) is 0 Å². The zero-order valence-corrected chi connectivity index (χ0v) is 13.1. The van der Waals surface area contributed by atoms with E-state index in [1.54, 1.807) is 0 Å². The molecular formula is C18H35N. The molecule has 1 nitrogen and oxygen atoms in total. The molecule has 112 valence electrons. The highest BCUT2D eigenvalue weighted by Gasteiger charge is 2.01. The Morgan fingerprint density at radius 1 is 0.895 bits per heavy atom. The second kappa shape index (κ2) is 15.5. The summed E-state index contributed by atoms with van der Waals surface area (Å²) >= 11 is 0. The van der Waals surface area contributed by atoms with Gasteiger partial charge in [0.15, 0.2) is 0 Å². The number of hydrogen-bond acceptors (Lipinski definition) is 1. The van der Waals surface area contributed by atoms with Crippen LogP contribution in [0, 0.1) is 0 Å². The summed E-state index contributed by atoms with van der Waals surface area (Å²) in [5, 5.41) is 0. The Bertz CT molecular complexity index is 208. The molecule has 0 aliphatic rings. The smallest absolute Gasteiger partial charge is 0.00388 e. The maximum Gasteiger partial charge on any atom is 0.00388 e. The van der Waals surface area contributed by atoms with E-state index in [-0.39, 0.29) is 0 Å². The van der Waals surface area contributed by atoms with E-state index in [4.69, 9.17) is 5.73 Å². The first-order valence-corrected chi connectivity index (χ1v) is 8.34. The first-order valence-electron chi connectivity index (χ1n) is 8.34. The summed E-state index contributed by atoms with van der Waals surface area (Å²) in [6.45, 7) is 5.92. The molecule has 0 aromatic carbocycles. The van der Waals surface area contributed by atoms with Crippen LogP contribution in [0.5, 0.6) is 0 Å². The molecule has 0 spiro atoms. The maximum atomic E-state index is 6.11. The number of nitrogens with two attached hydrogens (primary N) is 1. The molecule has 0 rings (SSSR count). The van der Waals surface area contributed by atoms with Gasteiger partial charge in [-0.15, -0.1) is 0 Å². The van der Waals surface area contributed by atoms with Gasteiger partial charge >= 0.3 is 0 Å². The molecule has 19 heavy (non-hydrogen) atoms. The van der Waals surface area contributed by atoms with Crippen molar-refractivity contribution >= 4 is 0 Å². The van der Waals surface area contributed by atoms with Gasteiger partial charge in [-0.25, -0.2) is 0 Å². The van der Waals surface area contributed by atoms with Crippen molar-refractivity contribution in [1.82, 2.24) is 0 Å². The molecule has 0 saturated heterocycles. The lowest BCUT2D eigenvalue weighted by Crippen LogP contribution is -2.19. The highest BCUT2D eigenvalue weighted by atomic mass is 14.6. The SMILES string of the molecule is C=C/C=C/CCCCCCCCC(N)CCCCC. The van der Waals surface area contributed by atoms with Gasteiger partial charge in [0.1, 0.15) is 0 Å². The van der Waals surface area contributed by atoms with E-state index in [0.29, 0.717) is 6.04 Å². The van der Waals surface area contributed by atoms with Gasteiger partial charge in [-0.05, 0) is 25.7 Å². The van der Waals surface area contributed by atoms with Gasteiger partial charge in [-0.3, -0.25) is 0 Å². The maximum absolute atomic E-state index is 6.11. The van der Waals surface area contributed by atoms with Crippen LogP contribution in [0.3, 0.4) is 0 Å². The van der Waals surface area contributed by atoms with Gasteiger partial charge in [0.05, 0.1) is 0 Å². The monoisotopic (exact) mass is 265 g/mol. The zero-order valence-electron chi connectivity index (χ0n) is 13.1. The zero-order chi connectivity index (χ0) is 14.2. The molecular weight excluding hydrogens is 230 g/mol. The fourth-order valence-electron chi connectivity index (χ4n) is 2.37. The van der Waals surface area contributed by atoms with Crippen LogP contribution >= 0.6 is 0 Å². The molecule has 0 saturated carbocycles. The van der Waals surface area contributed by atoms with Crippen LogP contribution in [0.15, 0.2) is 24.8 Å². The number of rotatable bonds is 14. The molecule has 0 aromatic heterocycles. The summed E-state index contributed by atoms with van der Waals surface area (Å²) in [7, 11) is 0. The van der Waals surface area contributed by atoms with Gasteiger partial charge in [-0.2, -0.15) is 0 Å². The second-order valence-electron chi connectivity index (χ2n) is 5.62. The van der Waals surface area contributed by atoms with Crippen molar-refractivity contribution in [1.29, 1.82) is 0 Å². The molecule has 0 heterocycles. The standard InChI is InChI=1S/C18H35N/c1-3-5-7-8-9-10-11-12-13-15-17-18(19)16-14-6-4-2/h3,5,7,18H,1,4,6,8-17,19H2,2H3/b7-5+. The van der Waals surface area contributed by atoms with Crippen molar-refractivity contribution in [2.75, 3.05) is 0 Å². The normalized spacial score (nSPS) is 12.9. The molecule has 0 aliphatic heterocycles. The van der Waals surface area contributed by atoms with Crippen molar-refractivity contribution in [3.63, 3.8) is 0 Å². The van der Waals surface area contributed by atoms with Gasteiger partial charge < -0.3 is 5.73 Å². The van der Waals surface area contributed by atoms with Crippen molar-refractivity contribution < 1.29 is 0 Å². The lowest BCUT2D eigenvalue weighted by Gasteiger charge is -2.10. The Kier molecular flexibility index (Phi) is 15.0. The Morgan fingerprint density at radius 3 is 2.11 bits per heavy atom. The van der Waals surface area contributed by atoms with E-state index >= 15 is 0 Å². The predicted molar refractivity (Wildman–Crippen MR) is 88.4 cm³/mol. The van der Waals surface area contributed by atoms with Crippen molar-refractivity contribution in [2.45, 2.75) is 90.0 Å². The van der Waals surface area contributed by atoms with Crippen LogP contribution in [0.1, 0.15) is 84.0 Å². The Labute approximate surface area is 121 Å². The second-order valence-corrected chi connectivity index (χ2v) is 5.62. The Balaban J connectivity index is 3.13. The van der Waals surface area contributed by atoms with Crippen LogP contribution < -0.4 is 5.73 Å². The molecule has 1 unspecified atom stereocenters. The van der Waals surface area contributed by atoms with Crippen LogP contribution in [0.2, 0.25) is 0 Å². The number of unbranched alkanes of at least 4 members (excludes halogenated alkanes) is 8. The van der Waals surface area contributed by atoms with Crippen molar-refractivity contribution in [2.24, 2.45) is 5.73 Å². The number of hydrogen-bond donors (Lipinski definition) is 1. The third kappa shape index (κ3) is 15.4. The minimum absolute atomic E-state index is 0.454. The minimum atomic E-state index is 0.454. The van der Waals surface area contributed by atoms with E-state index in [1.807, 2.05) is 12.2 Å². The molecule has 0 bridgehead atoms. The van der Waals surface area contributed by atoms with Crippen LogP contribution in [-0.4, -0.2) is 6.04 Å². The molecule has 2 N–H and O–H groups in total. The Morgan fingerprint density at radius 2 is 1.47 bits per heavy atom. The first-order chi connectivity index (χ1) is 9.31. The van der Waals surface area contributed by atoms with E-state index in [1.165, 1.54) is 77.0 Å². The van der Waals surface area contributed by atoms with Gasteiger partial charge in [-0.1, -0.05) is 83.1 Å². The molecule has 0 aromatic rings.